The lowest BCUT2D eigenvalue weighted by Crippen LogP contribution is -1.97. The number of nitrogens with one attached hydrogen (secondary N) is 1. The predicted octanol–water partition coefficient (Wildman–Crippen LogP) is 4.21. The van der Waals surface area contributed by atoms with Gasteiger partial charge in [0.15, 0.2) is 0 Å². The summed E-state index contributed by atoms with van der Waals surface area (Å²) in [4.78, 5) is 7.99. The Bertz CT molecular complexity index is 706. The first kappa shape index (κ1) is 13.6. The molecule has 1 N–H and O–H groups in total. The molecule has 0 aliphatic carbocycles. The van der Waals surface area contributed by atoms with Crippen LogP contribution >= 0.6 is 0 Å². The molecule has 2 aromatic carbocycles. The number of aromatic amines is 1. The molecule has 0 aliphatic heterocycles. The van der Waals surface area contributed by atoms with E-state index in [0.717, 1.165) is 18.7 Å². The van der Waals surface area contributed by atoms with Crippen LogP contribution in [0.3, 0.4) is 0 Å². The van der Waals surface area contributed by atoms with Gasteiger partial charge in [-0.2, -0.15) is 0 Å². The topological polar surface area (TPSA) is 28.7 Å². The van der Waals surface area contributed by atoms with Gasteiger partial charge in [-0.15, -0.1) is 0 Å². The van der Waals surface area contributed by atoms with Crippen LogP contribution in [0.25, 0.3) is 0 Å². The smallest absolute Gasteiger partial charge is 0.110 e. The molecule has 0 spiro atoms. The summed E-state index contributed by atoms with van der Waals surface area (Å²) in [6.07, 6.45) is 3.73. The number of aryl methyl sites for hydroxylation is 2. The van der Waals surface area contributed by atoms with Gasteiger partial charge in [0.2, 0.25) is 0 Å². The molecule has 2 nitrogen and oxygen atoms in total. The summed E-state index contributed by atoms with van der Waals surface area (Å²) >= 11 is 0. The maximum Gasteiger partial charge on any atom is 0.110 e. The molecule has 0 saturated carbocycles. The molecule has 3 aromatic rings. The summed E-state index contributed by atoms with van der Waals surface area (Å²) in [5.41, 5.74) is 6.51. The predicted molar refractivity (Wildman–Crippen MR) is 86.6 cm³/mol. The Morgan fingerprint density at radius 1 is 0.857 bits per heavy atom. The van der Waals surface area contributed by atoms with E-state index in [-0.39, 0.29) is 0 Å². The Kier molecular flexibility index (Phi) is 3.87. The van der Waals surface area contributed by atoms with Crippen LogP contribution in [-0.4, -0.2) is 9.97 Å². The average Bonchev–Trinajstić information content (AvgIpc) is 2.91. The summed E-state index contributed by atoms with van der Waals surface area (Å²) in [7, 11) is 0. The van der Waals surface area contributed by atoms with Crippen molar-refractivity contribution in [2.75, 3.05) is 0 Å². The third-order valence-corrected chi connectivity index (χ3v) is 3.91. The lowest BCUT2D eigenvalue weighted by atomic mass is 10.00. The molecule has 2 heteroatoms. The van der Waals surface area contributed by atoms with E-state index in [9.17, 15) is 0 Å². The highest BCUT2D eigenvalue weighted by atomic mass is 14.9. The van der Waals surface area contributed by atoms with Gasteiger partial charge >= 0.3 is 0 Å². The zero-order chi connectivity index (χ0) is 14.7. The van der Waals surface area contributed by atoms with Gasteiger partial charge in [0.25, 0.3) is 0 Å². The molecule has 0 bridgehead atoms. The van der Waals surface area contributed by atoms with Crippen molar-refractivity contribution in [1.29, 1.82) is 0 Å². The lowest BCUT2D eigenvalue weighted by molar-refractivity contribution is 0.982. The van der Waals surface area contributed by atoms with Crippen LogP contribution < -0.4 is 0 Å². The molecule has 0 fully saturated rings. The van der Waals surface area contributed by atoms with Crippen LogP contribution in [0, 0.1) is 13.8 Å². The molecule has 1 heterocycles. The van der Waals surface area contributed by atoms with Gasteiger partial charge in [-0.3, -0.25) is 0 Å². The monoisotopic (exact) mass is 276 g/mol. The molecule has 0 radical (unpaired) electrons. The number of imidazole rings is 1. The van der Waals surface area contributed by atoms with Crippen molar-refractivity contribution in [2.45, 2.75) is 26.7 Å². The van der Waals surface area contributed by atoms with Crippen LogP contribution in [0.1, 0.15) is 33.8 Å². The van der Waals surface area contributed by atoms with Crippen LogP contribution in [0.5, 0.6) is 0 Å². The molecule has 0 atom stereocenters. The number of benzene rings is 2. The van der Waals surface area contributed by atoms with Gasteiger partial charge in [-0.1, -0.05) is 48.5 Å². The zero-order valence-corrected chi connectivity index (χ0v) is 12.6. The summed E-state index contributed by atoms with van der Waals surface area (Å²) < 4.78 is 0. The fourth-order valence-corrected chi connectivity index (χ4v) is 2.70. The molecule has 3 rings (SSSR count). The summed E-state index contributed by atoms with van der Waals surface area (Å²) in [6, 6.07) is 16.9. The van der Waals surface area contributed by atoms with E-state index in [1.54, 1.807) is 0 Å². The Balaban J connectivity index is 1.76. The van der Waals surface area contributed by atoms with Gasteiger partial charge in [-0.05, 0) is 36.1 Å². The number of nitrogens with zero attached hydrogens (tertiary/aromatic N) is 1. The maximum absolute atomic E-state index is 4.53. The third-order valence-electron chi connectivity index (χ3n) is 3.91. The van der Waals surface area contributed by atoms with Crippen molar-refractivity contribution in [2.24, 2.45) is 0 Å². The second kappa shape index (κ2) is 5.96. The Morgan fingerprint density at radius 3 is 2.29 bits per heavy atom. The molecule has 1 aromatic heterocycles. The van der Waals surface area contributed by atoms with E-state index >= 15 is 0 Å². The van der Waals surface area contributed by atoms with Crippen LogP contribution in [-0.2, 0) is 12.8 Å². The highest BCUT2D eigenvalue weighted by Crippen LogP contribution is 2.17. The quantitative estimate of drug-likeness (QED) is 0.760. The fraction of sp³-hybridized carbons (Fsp3) is 0.211. The first-order valence-corrected chi connectivity index (χ1v) is 7.34. The molecular formula is C19H20N2. The van der Waals surface area contributed by atoms with E-state index in [1.165, 1.54) is 27.9 Å². The van der Waals surface area contributed by atoms with Gasteiger partial charge < -0.3 is 4.98 Å². The van der Waals surface area contributed by atoms with Gasteiger partial charge in [-0.25, -0.2) is 4.98 Å². The summed E-state index contributed by atoms with van der Waals surface area (Å²) in [5.74, 6) is 1.04. The van der Waals surface area contributed by atoms with Crippen LogP contribution in [0.4, 0.5) is 0 Å². The number of H-pyrrole nitrogens is 1. The Labute approximate surface area is 125 Å². The van der Waals surface area contributed by atoms with Gasteiger partial charge in [0.05, 0.1) is 0 Å². The molecule has 21 heavy (non-hydrogen) atoms. The van der Waals surface area contributed by atoms with E-state index in [1.807, 2.05) is 12.3 Å². The minimum atomic E-state index is 0.868. The van der Waals surface area contributed by atoms with E-state index in [4.69, 9.17) is 0 Å². The maximum atomic E-state index is 4.53. The van der Waals surface area contributed by atoms with Crippen molar-refractivity contribution in [3.05, 3.63) is 88.5 Å². The standard InChI is InChI=1S/C19H20N2/c1-14-7-6-8-15(2)18(14)12-19-20-13-17(21-19)11-16-9-4-3-5-10-16/h3-10,13H,11-12H2,1-2H3,(H,20,21). The van der Waals surface area contributed by atoms with Gasteiger partial charge in [0, 0.05) is 24.7 Å². The molecular weight excluding hydrogens is 256 g/mol. The fourth-order valence-electron chi connectivity index (χ4n) is 2.70. The van der Waals surface area contributed by atoms with Crippen LogP contribution in [0.15, 0.2) is 54.7 Å². The van der Waals surface area contributed by atoms with E-state index < -0.39 is 0 Å². The SMILES string of the molecule is Cc1cccc(C)c1Cc1ncc(Cc2ccccc2)[nH]1. The van der Waals surface area contributed by atoms with Crippen LogP contribution in [0.2, 0.25) is 0 Å². The van der Waals surface area contributed by atoms with E-state index in [0.29, 0.717) is 0 Å². The van der Waals surface area contributed by atoms with Crippen molar-refractivity contribution >= 4 is 0 Å². The number of rotatable bonds is 4. The van der Waals surface area contributed by atoms with Crippen molar-refractivity contribution < 1.29 is 0 Å². The Morgan fingerprint density at radius 2 is 1.57 bits per heavy atom. The number of hydrogen-bond donors (Lipinski definition) is 1. The highest BCUT2D eigenvalue weighted by Gasteiger charge is 2.07. The van der Waals surface area contributed by atoms with Crippen molar-refractivity contribution in [3.63, 3.8) is 0 Å². The zero-order valence-electron chi connectivity index (χ0n) is 12.6. The first-order chi connectivity index (χ1) is 10.2. The normalized spacial score (nSPS) is 10.8. The summed E-state index contributed by atoms with van der Waals surface area (Å²) in [5, 5.41) is 0. The Hall–Kier alpha value is -2.35. The second-order valence-electron chi connectivity index (χ2n) is 5.56. The number of aromatic nitrogens is 2. The minimum absolute atomic E-state index is 0.868. The van der Waals surface area contributed by atoms with Crippen molar-refractivity contribution in [3.8, 4) is 0 Å². The largest absolute Gasteiger partial charge is 0.345 e. The third kappa shape index (κ3) is 3.22. The second-order valence-corrected chi connectivity index (χ2v) is 5.56. The van der Waals surface area contributed by atoms with Gasteiger partial charge in [0.1, 0.15) is 5.82 Å². The lowest BCUT2D eigenvalue weighted by Gasteiger charge is -2.07. The molecule has 0 saturated heterocycles. The average molecular weight is 276 g/mol. The minimum Gasteiger partial charge on any atom is -0.345 e. The molecule has 0 unspecified atom stereocenters. The highest BCUT2D eigenvalue weighted by molar-refractivity contribution is 5.35. The number of hydrogen-bond acceptors (Lipinski definition) is 1. The summed E-state index contributed by atoms with van der Waals surface area (Å²) in [6.45, 7) is 4.33. The molecule has 0 amide bonds. The van der Waals surface area contributed by atoms with Crippen molar-refractivity contribution in [1.82, 2.24) is 9.97 Å². The van der Waals surface area contributed by atoms with E-state index in [2.05, 4.69) is 66.3 Å². The first-order valence-electron chi connectivity index (χ1n) is 7.34. The molecule has 106 valence electrons. The molecule has 0 aliphatic rings.